The quantitative estimate of drug-likeness (QED) is 0.781. The second-order valence-corrected chi connectivity index (χ2v) is 9.19. The second-order valence-electron chi connectivity index (χ2n) is 7.96. The summed E-state index contributed by atoms with van der Waals surface area (Å²) in [5.41, 5.74) is 2.33. The van der Waals surface area contributed by atoms with Crippen molar-refractivity contribution in [3.8, 4) is 5.69 Å². The van der Waals surface area contributed by atoms with Crippen molar-refractivity contribution in [1.29, 1.82) is 0 Å². The van der Waals surface area contributed by atoms with Crippen LogP contribution in [-0.4, -0.2) is 57.3 Å². The number of halogens is 1. The van der Waals surface area contributed by atoms with Crippen LogP contribution in [0.4, 0.5) is 4.39 Å². The van der Waals surface area contributed by atoms with E-state index in [1.165, 1.54) is 36.5 Å². The minimum atomic E-state index is -0.283. The van der Waals surface area contributed by atoms with Gasteiger partial charge >= 0.3 is 0 Å². The van der Waals surface area contributed by atoms with Crippen molar-refractivity contribution in [2.75, 3.05) is 31.1 Å². The van der Waals surface area contributed by atoms with E-state index in [1.807, 2.05) is 18.7 Å². The number of amides is 1. The Morgan fingerprint density at radius 1 is 1.21 bits per heavy atom. The number of carbonyl (C=O) groups is 1. The molecular formula is C22H29FN4OS. The highest BCUT2D eigenvalue weighted by Crippen LogP contribution is 2.36. The third-order valence-corrected chi connectivity index (χ3v) is 7.26. The van der Waals surface area contributed by atoms with Gasteiger partial charge < -0.3 is 5.32 Å². The minimum Gasteiger partial charge on any atom is -0.350 e. The molecule has 2 aliphatic rings. The molecule has 0 spiro atoms. The van der Waals surface area contributed by atoms with Crippen LogP contribution < -0.4 is 5.32 Å². The number of thioether (sulfide) groups is 1. The van der Waals surface area contributed by atoms with Crippen LogP contribution in [-0.2, 0) is 6.42 Å². The average Bonchev–Trinajstić information content (AvgIpc) is 3.41. The molecule has 1 saturated heterocycles. The zero-order chi connectivity index (χ0) is 20.3. The Bertz CT molecular complexity index is 839. The number of hydrogen-bond acceptors (Lipinski definition) is 4. The molecule has 2 aromatic rings. The third kappa shape index (κ3) is 4.21. The smallest absolute Gasteiger partial charge is 0.254 e. The van der Waals surface area contributed by atoms with Crippen molar-refractivity contribution in [3.05, 3.63) is 47.5 Å². The SMILES string of the molecule is CCc1c(C(=O)NCC2(N3CCSCC3)CCCC2)cnn1-c1ccc(F)cc1. The van der Waals surface area contributed by atoms with Crippen LogP contribution in [0.15, 0.2) is 30.5 Å². The Hall–Kier alpha value is -1.86. The Morgan fingerprint density at radius 3 is 2.55 bits per heavy atom. The first-order valence-electron chi connectivity index (χ1n) is 10.6. The van der Waals surface area contributed by atoms with E-state index in [0.29, 0.717) is 18.5 Å². The lowest BCUT2D eigenvalue weighted by Gasteiger charge is -2.43. The van der Waals surface area contributed by atoms with Gasteiger partial charge in [-0.3, -0.25) is 9.69 Å². The van der Waals surface area contributed by atoms with E-state index in [4.69, 9.17) is 0 Å². The van der Waals surface area contributed by atoms with Crippen molar-refractivity contribution in [2.24, 2.45) is 0 Å². The van der Waals surface area contributed by atoms with Gasteiger partial charge in [0.25, 0.3) is 5.91 Å². The molecule has 4 rings (SSSR count). The summed E-state index contributed by atoms with van der Waals surface area (Å²) in [6.45, 7) is 4.94. The number of nitrogens with one attached hydrogen (secondary N) is 1. The number of nitrogens with zero attached hydrogens (tertiary/aromatic N) is 3. The van der Waals surface area contributed by atoms with Gasteiger partial charge in [0, 0.05) is 36.7 Å². The molecule has 0 bridgehead atoms. The molecule has 1 aliphatic heterocycles. The molecule has 1 amide bonds. The summed E-state index contributed by atoms with van der Waals surface area (Å²) < 4.78 is 15.0. The summed E-state index contributed by atoms with van der Waals surface area (Å²) in [6.07, 6.45) is 7.11. The topological polar surface area (TPSA) is 50.2 Å². The van der Waals surface area contributed by atoms with E-state index in [0.717, 1.165) is 37.3 Å². The fourth-order valence-corrected chi connectivity index (χ4v) is 5.63. The van der Waals surface area contributed by atoms with Crippen LogP contribution in [0.2, 0.25) is 0 Å². The van der Waals surface area contributed by atoms with E-state index in [2.05, 4.69) is 15.3 Å². The standard InChI is InChI=1S/C22H29FN4OS/c1-2-20-19(15-25-27(20)18-7-5-17(23)6-8-18)21(28)24-16-22(9-3-4-10-22)26-11-13-29-14-12-26/h5-8,15H,2-4,9-14,16H2,1H3,(H,24,28). The fraction of sp³-hybridized carbons (Fsp3) is 0.545. The van der Waals surface area contributed by atoms with Gasteiger partial charge in [-0.15, -0.1) is 0 Å². The Morgan fingerprint density at radius 2 is 1.90 bits per heavy atom. The van der Waals surface area contributed by atoms with Gasteiger partial charge in [-0.05, 0) is 43.5 Å². The molecule has 1 aromatic carbocycles. The first kappa shape index (κ1) is 20.4. The van der Waals surface area contributed by atoms with Crippen molar-refractivity contribution >= 4 is 17.7 Å². The molecule has 1 aliphatic carbocycles. The lowest BCUT2D eigenvalue weighted by atomic mass is 9.94. The maximum Gasteiger partial charge on any atom is 0.254 e. The molecule has 29 heavy (non-hydrogen) atoms. The first-order valence-corrected chi connectivity index (χ1v) is 11.7. The number of benzene rings is 1. The zero-order valence-corrected chi connectivity index (χ0v) is 17.8. The number of hydrogen-bond donors (Lipinski definition) is 1. The van der Waals surface area contributed by atoms with Crippen LogP contribution in [0.1, 0.15) is 48.7 Å². The summed E-state index contributed by atoms with van der Waals surface area (Å²) in [6, 6.07) is 6.20. The highest BCUT2D eigenvalue weighted by Gasteiger charge is 2.40. The molecule has 1 aromatic heterocycles. The predicted molar refractivity (Wildman–Crippen MR) is 115 cm³/mol. The van der Waals surface area contributed by atoms with Gasteiger partial charge in [0.2, 0.25) is 0 Å². The van der Waals surface area contributed by atoms with E-state index in [1.54, 1.807) is 23.0 Å². The molecule has 5 nitrogen and oxygen atoms in total. The van der Waals surface area contributed by atoms with Gasteiger partial charge in [-0.25, -0.2) is 9.07 Å². The molecule has 2 heterocycles. The van der Waals surface area contributed by atoms with Gasteiger partial charge in [-0.2, -0.15) is 16.9 Å². The maximum absolute atomic E-state index is 13.3. The number of rotatable bonds is 6. The van der Waals surface area contributed by atoms with Crippen molar-refractivity contribution in [2.45, 2.75) is 44.6 Å². The predicted octanol–water partition coefficient (Wildman–Crippen LogP) is 3.67. The molecular weight excluding hydrogens is 387 g/mol. The summed E-state index contributed by atoms with van der Waals surface area (Å²) in [5, 5.41) is 7.64. The summed E-state index contributed by atoms with van der Waals surface area (Å²) in [7, 11) is 0. The Kier molecular flexibility index (Phi) is 6.25. The van der Waals surface area contributed by atoms with Crippen LogP contribution >= 0.6 is 11.8 Å². The highest BCUT2D eigenvalue weighted by atomic mass is 32.2. The molecule has 0 unspecified atom stereocenters. The summed E-state index contributed by atoms with van der Waals surface area (Å²) in [5.74, 6) is 2.02. The molecule has 156 valence electrons. The second kappa shape index (κ2) is 8.88. The van der Waals surface area contributed by atoms with Crippen molar-refractivity contribution in [1.82, 2.24) is 20.0 Å². The third-order valence-electron chi connectivity index (χ3n) is 6.31. The number of aromatic nitrogens is 2. The van der Waals surface area contributed by atoms with Crippen molar-refractivity contribution in [3.63, 3.8) is 0 Å². The van der Waals surface area contributed by atoms with E-state index < -0.39 is 0 Å². The van der Waals surface area contributed by atoms with E-state index >= 15 is 0 Å². The fourth-order valence-electron chi connectivity index (χ4n) is 4.72. The normalized spacial score (nSPS) is 19.4. The van der Waals surface area contributed by atoms with Gasteiger partial charge in [0.05, 0.1) is 23.1 Å². The van der Waals surface area contributed by atoms with Crippen LogP contribution in [0.5, 0.6) is 0 Å². The molecule has 1 saturated carbocycles. The average molecular weight is 417 g/mol. The lowest BCUT2D eigenvalue weighted by molar-refractivity contribution is 0.0816. The molecule has 7 heteroatoms. The largest absolute Gasteiger partial charge is 0.350 e. The van der Waals surface area contributed by atoms with Gasteiger partial charge in [-0.1, -0.05) is 19.8 Å². The maximum atomic E-state index is 13.3. The zero-order valence-electron chi connectivity index (χ0n) is 17.0. The summed E-state index contributed by atoms with van der Waals surface area (Å²) in [4.78, 5) is 15.7. The van der Waals surface area contributed by atoms with Crippen LogP contribution in [0.25, 0.3) is 5.69 Å². The molecule has 0 radical (unpaired) electrons. The lowest BCUT2D eigenvalue weighted by Crippen LogP contribution is -2.56. The Labute approximate surface area is 176 Å². The van der Waals surface area contributed by atoms with Crippen LogP contribution in [0, 0.1) is 5.82 Å². The minimum absolute atomic E-state index is 0.0622. The van der Waals surface area contributed by atoms with Gasteiger partial charge in [0.15, 0.2) is 0 Å². The number of carbonyl (C=O) groups excluding carboxylic acids is 1. The van der Waals surface area contributed by atoms with E-state index in [-0.39, 0.29) is 17.3 Å². The van der Waals surface area contributed by atoms with Crippen LogP contribution in [0.3, 0.4) is 0 Å². The van der Waals surface area contributed by atoms with Gasteiger partial charge in [0.1, 0.15) is 5.82 Å². The van der Waals surface area contributed by atoms with Crippen molar-refractivity contribution < 1.29 is 9.18 Å². The monoisotopic (exact) mass is 416 g/mol. The first-order chi connectivity index (χ1) is 14.1. The molecule has 2 fully saturated rings. The summed E-state index contributed by atoms with van der Waals surface area (Å²) >= 11 is 2.02. The highest BCUT2D eigenvalue weighted by molar-refractivity contribution is 7.99. The molecule has 0 atom stereocenters. The molecule has 1 N–H and O–H groups in total. The van der Waals surface area contributed by atoms with E-state index in [9.17, 15) is 9.18 Å². The Balaban J connectivity index is 1.50.